The average Bonchev–Trinajstić information content (AvgIpc) is 2.46. The van der Waals surface area contributed by atoms with E-state index in [1.165, 1.54) is 6.07 Å². The van der Waals surface area contributed by atoms with Crippen LogP contribution in [0.2, 0.25) is 0 Å². The summed E-state index contributed by atoms with van der Waals surface area (Å²) in [6.45, 7) is 5.80. The van der Waals surface area contributed by atoms with Gasteiger partial charge in [-0.05, 0) is 23.6 Å². The summed E-state index contributed by atoms with van der Waals surface area (Å²) in [5.41, 5.74) is 1.41. The highest BCUT2D eigenvalue weighted by atomic mass is 31.2. The van der Waals surface area contributed by atoms with Gasteiger partial charge in [-0.1, -0.05) is 59.7 Å². The molecule has 0 saturated carbocycles. The highest BCUT2D eigenvalue weighted by Gasteiger charge is 2.21. The third kappa shape index (κ3) is 3.92. The molecule has 2 rings (SSSR count). The second-order valence-electron chi connectivity index (χ2n) is 5.97. The monoisotopic (exact) mass is 316 g/mol. The molecule has 0 spiro atoms. The van der Waals surface area contributed by atoms with Crippen LogP contribution in [0.1, 0.15) is 42.3 Å². The standard InChI is InChI=1S/C17H17O4P/c1-17(2,3)14-11-13(9-10-15(14)21-22(19)20)16(18)12-7-5-4-6-8-12/h4-11H,1-3H3/q-2. The molecule has 0 fully saturated rings. The third-order valence-electron chi connectivity index (χ3n) is 3.26. The zero-order valence-electron chi connectivity index (χ0n) is 12.7. The summed E-state index contributed by atoms with van der Waals surface area (Å²) in [7, 11) is -2.99. The van der Waals surface area contributed by atoms with E-state index in [1.807, 2.05) is 26.8 Å². The molecule has 0 aromatic heterocycles. The smallest absolute Gasteiger partial charge is 0.193 e. The molecule has 0 unspecified atom stereocenters. The van der Waals surface area contributed by atoms with Crippen LogP contribution in [-0.2, 0) is 5.41 Å². The van der Waals surface area contributed by atoms with Gasteiger partial charge in [-0.25, -0.2) is 0 Å². The fourth-order valence-corrected chi connectivity index (χ4v) is 2.49. The van der Waals surface area contributed by atoms with Crippen molar-refractivity contribution in [1.82, 2.24) is 0 Å². The Morgan fingerprint density at radius 3 is 2.18 bits per heavy atom. The number of ketones is 1. The summed E-state index contributed by atoms with van der Waals surface area (Å²) in [6, 6.07) is 13.8. The maximum Gasteiger partial charge on any atom is 0.193 e. The molecule has 4 nitrogen and oxygen atoms in total. The molecule has 0 aliphatic heterocycles. The molecule has 2 aromatic rings. The quantitative estimate of drug-likeness (QED) is 0.642. The molecule has 0 aliphatic carbocycles. The van der Waals surface area contributed by atoms with Gasteiger partial charge in [0.2, 0.25) is 0 Å². The number of benzene rings is 2. The first kappa shape index (κ1) is 16.6. The van der Waals surface area contributed by atoms with Crippen molar-refractivity contribution in [3.05, 3.63) is 65.2 Å². The van der Waals surface area contributed by atoms with Gasteiger partial charge in [-0.3, -0.25) is 4.79 Å². The fourth-order valence-electron chi connectivity index (χ4n) is 2.17. The first-order valence-corrected chi connectivity index (χ1v) is 7.95. The van der Waals surface area contributed by atoms with Crippen LogP contribution in [0.25, 0.3) is 0 Å². The van der Waals surface area contributed by atoms with Gasteiger partial charge < -0.3 is 14.3 Å². The van der Waals surface area contributed by atoms with Gasteiger partial charge >= 0.3 is 0 Å². The summed E-state index contributed by atoms with van der Waals surface area (Å²) in [4.78, 5) is 34.2. The molecule has 0 bridgehead atoms. The molecular weight excluding hydrogens is 299 g/mol. The van der Waals surface area contributed by atoms with Crippen LogP contribution in [0, 0.1) is 0 Å². The van der Waals surface area contributed by atoms with Crippen LogP contribution in [0.3, 0.4) is 0 Å². The number of hydrogen-bond acceptors (Lipinski definition) is 4. The average molecular weight is 316 g/mol. The molecule has 116 valence electrons. The van der Waals surface area contributed by atoms with Gasteiger partial charge in [0, 0.05) is 16.7 Å². The van der Waals surface area contributed by atoms with Crippen molar-refractivity contribution in [2.45, 2.75) is 26.2 Å². The van der Waals surface area contributed by atoms with E-state index in [0.29, 0.717) is 16.7 Å². The van der Waals surface area contributed by atoms with E-state index in [1.54, 1.807) is 36.4 Å². The lowest BCUT2D eigenvalue weighted by molar-refractivity contribution is -0.310. The Balaban J connectivity index is 2.45. The Kier molecular flexibility index (Phi) is 4.97. The van der Waals surface area contributed by atoms with Gasteiger partial charge in [0.25, 0.3) is 0 Å². The minimum absolute atomic E-state index is 0.107. The van der Waals surface area contributed by atoms with Crippen molar-refractivity contribution < 1.29 is 19.1 Å². The Labute approximate surface area is 131 Å². The van der Waals surface area contributed by atoms with Crippen molar-refractivity contribution in [3.8, 4) is 5.75 Å². The zero-order chi connectivity index (χ0) is 16.3. The van der Waals surface area contributed by atoms with Gasteiger partial charge in [-0.15, -0.1) is 0 Å². The molecule has 0 amide bonds. The topological polar surface area (TPSA) is 72.4 Å². The molecule has 0 heterocycles. The largest absolute Gasteiger partial charge is 0.810 e. The Morgan fingerprint density at radius 1 is 1.00 bits per heavy atom. The lowest BCUT2D eigenvalue weighted by atomic mass is 9.84. The van der Waals surface area contributed by atoms with E-state index in [4.69, 9.17) is 4.52 Å². The number of rotatable bonds is 4. The first-order valence-electron chi connectivity index (χ1n) is 6.85. The van der Waals surface area contributed by atoms with Crippen LogP contribution < -0.4 is 14.3 Å². The molecule has 0 N–H and O–H groups in total. The summed E-state index contributed by atoms with van der Waals surface area (Å²) in [6.07, 6.45) is 0. The van der Waals surface area contributed by atoms with E-state index < -0.39 is 8.60 Å². The van der Waals surface area contributed by atoms with Crippen molar-refractivity contribution in [2.24, 2.45) is 0 Å². The van der Waals surface area contributed by atoms with E-state index in [-0.39, 0.29) is 16.9 Å². The Morgan fingerprint density at radius 2 is 1.64 bits per heavy atom. The summed E-state index contributed by atoms with van der Waals surface area (Å²) in [5, 5.41) is 0. The molecule has 0 aliphatic rings. The van der Waals surface area contributed by atoms with E-state index in [9.17, 15) is 14.6 Å². The number of carbonyl (C=O) groups is 1. The molecule has 22 heavy (non-hydrogen) atoms. The second-order valence-corrected chi connectivity index (χ2v) is 6.60. The lowest BCUT2D eigenvalue weighted by Gasteiger charge is -2.33. The predicted octanol–water partition coefficient (Wildman–Crippen LogP) is 2.54. The molecular formula is C17H17O4P-2. The van der Waals surface area contributed by atoms with E-state index >= 15 is 0 Å². The molecule has 0 saturated heterocycles. The predicted molar refractivity (Wildman–Crippen MR) is 82.6 cm³/mol. The highest BCUT2D eigenvalue weighted by molar-refractivity contribution is 7.36. The second kappa shape index (κ2) is 6.57. The van der Waals surface area contributed by atoms with Crippen LogP contribution in [0.5, 0.6) is 5.75 Å². The van der Waals surface area contributed by atoms with E-state index in [2.05, 4.69) is 0 Å². The number of carbonyl (C=O) groups excluding carboxylic acids is 1. The van der Waals surface area contributed by atoms with Gasteiger partial charge in [0.05, 0.1) is 0 Å². The van der Waals surface area contributed by atoms with Crippen molar-refractivity contribution in [2.75, 3.05) is 0 Å². The van der Waals surface area contributed by atoms with Crippen molar-refractivity contribution in [3.63, 3.8) is 0 Å². The summed E-state index contributed by atoms with van der Waals surface area (Å²) < 4.78 is 4.85. The zero-order valence-corrected chi connectivity index (χ0v) is 13.6. The fraction of sp³-hybridized carbons (Fsp3) is 0.235. The molecule has 5 heteroatoms. The van der Waals surface area contributed by atoms with Gasteiger partial charge in [0.15, 0.2) is 5.78 Å². The normalized spacial score (nSPS) is 11.5. The molecule has 0 atom stereocenters. The minimum atomic E-state index is -2.99. The van der Waals surface area contributed by atoms with Gasteiger partial charge in [0.1, 0.15) is 5.75 Å². The van der Waals surface area contributed by atoms with Gasteiger partial charge in [-0.2, -0.15) is 0 Å². The van der Waals surface area contributed by atoms with Crippen LogP contribution >= 0.6 is 8.60 Å². The number of hydrogen-bond donors (Lipinski definition) is 0. The van der Waals surface area contributed by atoms with Crippen molar-refractivity contribution in [1.29, 1.82) is 0 Å². The maximum absolute atomic E-state index is 12.5. The first-order chi connectivity index (χ1) is 10.3. The van der Waals surface area contributed by atoms with Crippen molar-refractivity contribution >= 4 is 14.4 Å². The SMILES string of the molecule is CC(C)(C)c1cc(C(=O)c2ccccc2)ccc1OP([O-])[O-]. The molecule has 0 radical (unpaired) electrons. The van der Waals surface area contributed by atoms with Crippen LogP contribution in [-0.4, -0.2) is 5.78 Å². The highest BCUT2D eigenvalue weighted by Crippen LogP contribution is 2.36. The lowest BCUT2D eigenvalue weighted by Crippen LogP contribution is -2.18. The minimum Gasteiger partial charge on any atom is -0.810 e. The summed E-state index contributed by atoms with van der Waals surface area (Å²) in [5.74, 6) is 0.150. The summed E-state index contributed by atoms with van der Waals surface area (Å²) >= 11 is 0. The van der Waals surface area contributed by atoms with Crippen LogP contribution in [0.15, 0.2) is 48.5 Å². The third-order valence-corrected chi connectivity index (χ3v) is 3.60. The van der Waals surface area contributed by atoms with E-state index in [0.717, 1.165) is 0 Å². The Hall–Kier alpha value is -1.74. The van der Waals surface area contributed by atoms with Crippen LogP contribution in [0.4, 0.5) is 0 Å². The Bertz CT molecular complexity index is 660. The molecule has 2 aromatic carbocycles. The maximum atomic E-state index is 12.5.